The van der Waals surface area contributed by atoms with Crippen LogP contribution in [0.1, 0.15) is 18.1 Å². The molecule has 7 heteroatoms. The molecule has 114 valence electrons. The number of methoxy groups -OCH3 is 1. The molecule has 0 aliphatic carbocycles. The number of benzene rings is 1. The molecule has 0 unspecified atom stereocenters. The van der Waals surface area contributed by atoms with Crippen LogP contribution in [0.5, 0.6) is 5.06 Å². The molecule has 0 aliphatic rings. The SMILES string of the molecule is CCc1ccc(-c2nsc(OC)c2COS(C)(=O)=O)cc1. The Morgan fingerprint density at radius 1 is 1.24 bits per heavy atom. The van der Waals surface area contributed by atoms with Crippen molar-refractivity contribution in [3.63, 3.8) is 0 Å². The largest absolute Gasteiger partial charge is 0.486 e. The lowest BCUT2D eigenvalue weighted by molar-refractivity contribution is 0.305. The molecular formula is C14H17NO4S2. The van der Waals surface area contributed by atoms with Gasteiger partial charge in [-0.05, 0) is 12.0 Å². The van der Waals surface area contributed by atoms with Crippen LogP contribution in [-0.4, -0.2) is 26.2 Å². The van der Waals surface area contributed by atoms with Crippen LogP contribution in [0.2, 0.25) is 0 Å². The summed E-state index contributed by atoms with van der Waals surface area (Å²) < 4.78 is 36.8. The normalized spacial score (nSPS) is 11.6. The molecule has 0 radical (unpaired) electrons. The highest BCUT2D eigenvalue weighted by Gasteiger charge is 2.18. The Kier molecular flexibility index (Phi) is 4.97. The summed E-state index contributed by atoms with van der Waals surface area (Å²) in [5.74, 6) is 0. The quantitative estimate of drug-likeness (QED) is 0.763. The monoisotopic (exact) mass is 327 g/mol. The molecule has 0 aliphatic heterocycles. The Hall–Kier alpha value is -1.44. The fraction of sp³-hybridized carbons (Fsp3) is 0.357. The molecule has 21 heavy (non-hydrogen) atoms. The van der Waals surface area contributed by atoms with E-state index in [4.69, 9.17) is 8.92 Å². The summed E-state index contributed by atoms with van der Waals surface area (Å²) in [7, 11) is -1.98. The molecule has 5 nitrogen and oxygen atoms in total. The molecule has 0 saturated carbocycles. The molecule has 0 saturated heterocycles. The predicted octanol–water partition coefficient (Wildman–Crippen LogP) is 2.86. The molecule has 1 aromatic heterocycles. The average Bonchev–Trinajstić information content (AvgIpc) is 2.87. The molecule has 0 spiro atoms. The molecule has 0 atom stereocenters. The van der Waals surface area contributed by atoms with Crippen LogP contribution in [0.25, 0.3) is 11.3 Å². The lowest BCUT2D eigenvalue weighted by Crippen LogP contribution is -2.03. The molecule has 0 fully saturated rings. The van der Waals surface area contributed by atoms with Gasteiger partial charge in [0.2, 0.25) is 0 Å². The van der Waals surface area contributed by atoms with Crippen molar-refractivity contribution in [1.82, 2.24) is 4.37 Å². The van der Waals surface area contributed by atoms with Crippen molar-refractivity contribution < 1.29 is 17.3 Å². The summed E-state index contributed by atoms with van der Waals surface area (Å²) in [6, 6.07) is 8.00. The fourth-order valence-electron chi connectivity index (χ4n) is 1.87. The Balaban J connectivity index is 2.36. The van der Waals surface area contributed by atoms with Crippen molar-refractivity contribution in [2.45, 2.75) is 20.0 Å². The average molecular weight is 327 g/mol. The van der Waals surface area contributed by atoms with Gasteiger partial charge in [0, 0.05) is 17.1 Å². The highest BCUT2D eigenvalue weighted by Crippen LogP contribution is 2.34. The number of rotatable bonds is 6. The second-order valence-electron chi connectivity index (χ2n) is 4.52. The molecule has 2 rings (SSSR count). The smallest absolute Gasteiger partial charge is 0.264 e. The van der Waals surface area contributed by atoms with Crippen molar-refractivity contribution in [1.29, 1.82) is 0 Å². The van der Waals surface area contributed by atoms with Gasteiger partial charge in [-0.3, -0.25) is 4.18 Å². The van der Waals surface area contributed by atoms with Gasteiger partial charge in [-0.1, -0.05) is 31.2 Å². The zero-order valence-corrected chi connectivity index (χ0v) is 13.8. The Labute approximate surface area is 128 Å². The number of ether oxygens (including phenoxy) is 1. The van der Waals surface area contributed by atoms with Gasteiger partial charge >= 0.3 is 0 Å². The van der Waals surface area contributed by atoms with E-state index in [9.17, 15) is 8.42 Å². The molecular weight excluding hydrogens is 310 g/mol. The van der Waals surface area contributed by atoms with E-state index in [1.54, 1.807) is 0 Å². The number of hydrogen-bond donors (Lipinski definition) is 0. The molecule has 0 amide bonds. The maximum absolute atomic E-state index is 11.2. The third-order valence-electron chi connectivity index (χ3n) is 2.99. The highest BCUT2D eigenvalue weighted by atomic mass is 32.2. The third kappa shape index (κ3) is 4.03. The molecule has 2 aromatic rings. The van der Waals surface area contributed by atoms with E-state index >= 15 is 0 Å². The molecule has 0 N–H and O–H groups in total. The Morgan fingerprint density at radius 3 is 2.43 bits per heavy atom. The second kappa shape index (κ2) is 6.55. The fourth-order valence-corrected chi connectivity index (χ4v) is 2.93. The minimum atomic E-state index is -3.51. The van der Waals surface area contributed by atoms with Crippen LogP contribution in [0, 0.1) is 0 Å². The van der Waals surface area contributed by atoms with E-state index in [1.165, 1.54) is 24.2 Å². The Bertz CT molecular complexity index is 705. The molecule has 1 heterocycles. The van der Waals surface area contributed by atoms with Gasteiger partial charge < -0.3 is 4.74 Å². The van der Waals surface area contributed by atoms with Gasteiger partial charge in [0.25, 0.3) is 10.1 Å². The van der Waals surface area contributed by atoms with E-state index in [2.05, 4.69) is 11.3 Å². The van der Waals surface area contributed by atoms with Gasteiger partial charge in [-0.15, -0.1) is 0 Å². The molecule has 1 aromatic carbocycles. The van der Waals surface area contributed by atoms with Gasteiger partial charge in [-0.25, -0.2) is 0 Å². The summed E-state index contributed by atoms with van der Waals surface area (Å²) in [5.41, 5.74) is 3.49. The number of aromatic nitrogens is 1. The Morgan fingerprint density at radius 2 is 1.90 bits per heavy atom. The summed E-state index contributed by atoms with van der Waals surface area (Å²) in [6.07, 6.45) is 1.99. The van der Waals surface area contributed by atoms with Gasteiger partial charge in [0.05, 0.1) is 31.2 Å². The topological polar surface area (TPSA) is 65.5 Å². The van der Waals surface area contributed by atoms with Gasteiger partial charge in [0.15, 0.2) is 5.06 Å². The number of hydrogen-bond acceptors (Lipinski definition) is 6. The highest BCUT2D eigenvalue weighted by molar-refractivity contribution is 7.85. The van der Waals surface area contributed by atoms with E-state index in [0.29, 0.717) is 16.3 Å². The van der Waals surface area contributed by atoms with Crippen molar-refractivity contribution in [2.75, 3.05) is 13.4 Å². The van der Waals surface area contributed by atoms with Crippen molar-refractivity contribution >= 4 is 21.7 Å². The van der Waals surface area contributed by atoms with E-state index in [0.717, 1.165) is 18.2 Å². The third-order valence-corrected chi connectivity index (χ3v) is 4.39. The number of nitrogens with zero attached hydrogens (tertiary/aromatic N) is 1. The minimum Gasteiger partial charge on any atom is -0.486 e. The van der Waals surface area contributed by atoms with Crippen LogP contribution >= 0.6 is 11.5 Å². The van der Waals surface area contributed by atoms with Crippen LogP contribution in [-0.2, 0) is 27.3 Å². The maximum Gasteiger partial charge on any atom is 0.264 e. The predicted molar refractivity (Wildman–Crippen MR) is 83.1 cm³/mol. The molecule has 0 bridgehead atoms. The first kappa shape index (κ1) is 15.9. The van der Waals surface area contributed by atoms with E-state index in [1.807, 2.05) is 24.3 Å². The van der Waals surface area contributed by atoms with Crippen molar-refractivity contribution in [3.05, 3.63) is 35.4 Å². The summed E-state index contributed by atoms with van der Waals surface area (Å²) >= 11 is 1.18. The summed E-state index contributed by atoms with van der Waals surface area (Å²) in [4.78, 5) is 0. The van der Waals surface area contributed by atoms with Gasteiger partial charge in [0.1, 0.15) is 0 Å². The van der Waals surface area contributed by atoms with E-state index in [-0.39, 0.29) is 6.61 Å². The van der Waals surface area contributed by atoms with Crippen LogP contribution in [0.3, 0.4) is 0 Å². The van der Waals surface area contributed by atoms with E-state index < -0.39 is 10.1 Å². The lowest BCUT2D eigenvalue weighted by Gasteiger charge is -2.06. The van der Waals surface area contributed by atoms with Crippen LogP contribution in [0.4, 0.5) is 0 Å². The summed E-state index contributed by atoms with van der Waals surface area (Å²) in [6.45, 7) is 2.01. The number of aryl methyl sites for hydroxylation is 1. The zero-order valence-electron chi connectivity index (χ0n) is 12.1. The first-order chi connectivity index (χ1) is 9.94. The van der Waals surface area contributed by atoms with Crippen LogP contribution in [0.15, 0.2) is 24.3 Å². The first-order valence-corrected chi connectivity index (χ1v) is 9.00. The second-order valence-corrected chi connectivity index (χ2v) is 6.90. The van der Waals surface area contributed by atoms with Crippen LogP contribution < -0.4 is 4.74 Å². The maximum atomic E-state index is 11.2. The van der Waals surface area contributed by atoms with Crippen molar-refractivity contribution in [2.24, 2.45) is 0 Å². The van der Waals surface area contributed by atoms with Crippen molar-refractivity contribution in [3.8, 4) is 16.3 Å². The zero-order chi connectivity index (χ0) is 15.5. The first-order valence-electron chi connectivity index (χ1n) is 6.41. The lowest BCUT2D eigenvalue weighted by atomic mass is 10.1. The summed E-state index contributed by atoms with van der Waals surface area (Å²) in [5, 5.41) is 0.563. The standard InChI is InChI=1S/C14H17NO4S2/c1-4-10-5-7-11(8-6-10)13-12(9-19-21(3,16)17)14(18-2)20-15-13/h5-8H,4,9H2,1-3H3. The minimum absolute atomic E-state index is 0.0800. The van der Waals surface area contributed by atoms with Gasteiger partial charge in [-0.2, -0.15) is 12.8 Å².